The van der Waals surface area contributed by atoms with E-state index in [0.29, 0.717) is 0 Å². The number of quaternary nitrogens is 1. The average Bonchev–Trinajstić information content (AvgIpc) is 1.58. The molecule has 0 atom stereocenters. The van der Waals surface area contributed by atoms with Gasteiger partial charge >= 0.3 is 5.97 Å². The molecule has 0 aromatic carbocycles. The van der Waals surface area contributed by atoms with Crippen molar-refractivity contribution in [3.05, 3.63) is 12.2 Å². The summed E-state index contributed by atoms with van der Waals surface area (Å²) in [4.78, 5) is 9.51. The molecule has 1 N–H and O–H groups in total. The first-order valence-corrected chi connectivity index (χ1v) is 3.42. The van der Waals surface area contributed by atoms with Crippen molar-refractivity contribution in [2.45, 2.75) is 6.92 Å². The molecule has 3 nitrogen and oxygen atoms in total. The Morgan fingerprint density at radius 2 is 1.55 bits per heavy atom. The van der Waals surface area contributed by atoms with Gasteiger partial charge in [0, 0.05) is 6.08 Å². The van der Waals surface area contributed by atoms with E-state index >= 15 is 0 Å². The molecule has 0 spiro atoms. The highest BCUT2D eigenvalue weighted by Gasteiger charge is 1.88. The Balaban J connectivity index is 0. The maximum atomic E-state index is 9.51. The number of hydrogen-bond donors (Lipinski definition) is 1. The minimum absolute atomic E-state index is 0.891. The molecule has 11 heavy (non-hydrogen) atoms. The topological polar surface area (TPSA) is 37.3 Å². The van der Waals surface area contributed by atoms with Crippen molar-refractivity contribution in [2.75, 3.05) is 28.2 Å². The quantitative estimate of drug-likeness (QED) is 0.458. The third-order valence-electron chi connectivity index (χ3n) is 0.309. The van der Waals surface area contributed by atoms with E-state index in [1.165, 1.54) is 6.08 Å². The van der Waals surface area contributed by atoms with Crippen LogP contribution >= 0.6 is 0 Å². The summed E-state index contributed by atoms with van der Waals surface area (Å²) in [5.74, 6) is -0.891. The smallest absolute Gasteiger partial charge is 0.327 e. The summed E-state index contributed by atoms with van der Waals surface area (Å²) in [6.45, 7) is 1.66. The molecule has 66 valence electrons. The number of carboxylic acids is 1. The van der Waals surface area contributed by atoms with E-state index < -0.39 is 5.97 Å². The van der Waals surface area contributed by atoms with E-state index in [1.807, 2.05) is 0 Å². The molecule has 0 heterocycles. The zero-order valence-electron chi connectivity index (χ0n) is 7.96. The van der Waals surface area contributed by atoms with Crippen LogP contribution in [-0.4, -0.2) is 43.7 Å². The summed E-state index contributed by atoms with van der Waals surface area (Å²) >= 11 is 0. The van der Waals surface area contributed by atoms with E-state index in [1.54, 1.807) is 6.92 Å². The highest BCUT2D eigenvalue weighted by atomic mass is 16.4. The van der Waals surface area contributed by atoms with Gasteiger partial charge < -0.3 is 9.59 Å². The number of nitrogens with zero attached hydrogens (tertiary/aromatic N) is 1. The Morgan fingerprint density at radius 3 is 1.55 bits per heavy atom. The van der Waals surface area contributed by atoms with Crippen LogP contribution in [0, 0.1) is 0 Å². The lowest BCUT2D eigenvalue weighted by Crippen LogP contribution is -2.27. The van der Waals surface area contributed by atoms with Crippen LogP contribution < -0.4 is 0 Å². The van der Waals surface area contributed by atoms with Gasteiger partial charge in [-0.05, 0) is 6.92 Å². The van der Waals surface area contributed by atoms with Crippen LogP contribution in [0.2, 0.25) is 0 Å². The van der Waals surface area contributed by atoms with Crippen molar-refractivity contribution in [1.29, 1.82) is 0 Å². The maximum absolute atomic E-state index is 9.51. The van der Waals surface area contributed by atoms with Gasteiger partial charge in [-0.25, -0.2) is 4.79 Å². The van der Waals surface area contributed by atoms with Crippen LogP contribution in [0.15, 0.2) is 12.2 Å². The summed E-state index contributed by atoms with van der Waals surface area (Å²) in [5.41, 5.74) is 0. The molecule has 0 saturated heterocycles. The van der Waals surface area contributed by atoms with E-state index in [9.17, 15) is 4.79 Å². The fourth-order valence-electron chi connectivity index (χ4n) is 0.143. The fourth-order valence-corrected chi connectivity index (χ4v) is 0.143. The van der Waals surface area contributed by atoms with Crippen molar-refractivity contribution >= 4 is 5.97 Å². The third kappa shape index (κ3) is 100. The van der Waals surface area contributed by atoms with E-state index in [2.05, 4.69) is 28.2 Å². The van der Waals surface area contributed by atoms with Crippen molar-refractivity contribution in [2.24, 2.45) is 0 Å². The Hall–Kier alpha value is -0.830. The second-order valence-electron chi connectivity index (χ2n) is 3.52. The van der Waals surface area contributed by atoms with Crippen molar-refractivity contribution < 1.29 is 14.4 Å². The van der Waals surface area contributed by atoms with Gasteiger partial charge in [0.05, 0.1) is 28.2 Å². The monoisotopic (exact) mass is 160 g/mol. The van der Waals surface area contributed by atoms with E-state index in [-0.39, 0.29) is 0 Å². The van der Waals surface area contributed by atoms with E-state index in [4.69, 9.17) is 5.11 Å². The molecule has 0 radical (unpaired) electrons. The minimum Gasteiger partial charge on any atom is -0.478 e. The molecular formula is C8H18NO2+. The second kappa shape index (κ2) is 5.92. The fraction of sp³-hybridized carbons (Fsp3) is 0.625. The number of carbonyl (C=O) groups is 1. The van der Waals surface area contributed by atoms with Crippen LogP contribution in [0.3, 0.4) is 0 Å². The Bertz CT molecular complexity index is 128. The maximum Gasteiger partial charge on any atom is 0.327 e. The molecule has 0 rings (SSSR count). The predicted octanol–water partition coefficient (Wildman–Crippen LogP) is 0.970. The summed E-state index contributed by atoms with van der Waals surface area (Å²) in [6.07, 6.45) is 2.56. The average molecular weight is 160 g/mol. The minimum atomic E-state index is -0.891. The van der Waals surface area contributed by atoms with Crippen molar-refractivity contribution in [3.63, 3.8) is 0 Å². The Morgan fingerprint density at radius 1 is 1.27 bits per heavy atom. The Kier molecular flexibility index (Phi) is 6.89. The zero-order valence-corrected chi connectivity index (χ0v) is 7.96. The first-order chi connectivity index (χ1) is 4.77. The van der Waals surface area contributed by atoms with Gasteiger partial charge in [-0.1, -0.05) is 6.08 Å². The molecule has 0 fully saturated rings. The van der Waals surface area contributed by atoms with Crippen LogP contribution in [0.4, 0.5) is 0 Å². The van der Waals surface area contributed by atoms with Crippen LogP contribution in [0.25, 0.3) is 0 Å². The molecular weight excluding hydrogens is 142 g/mol. The Labute approximate surface area is 68.5 Å². The van der Waals surface area contributed by atoms with E-state index in [0.717, 1.165) is 10.6 Å². The summed E-state index contributed by atoms with van der Waals surface area (Å²) in [5, 5.41) is 7.83. The molecule has 0 aliphatic carbocycles. The molecule has 3 heteroatoms. The van der Waals surface area contributed by atoms with Crippen molar-refractivity contribution in [1.82, 2.24) is 0 Å². The van der Waals surface area contributed by atoms with Gasteiger partial charge in [-0.2, -0.15) is 0 Å². The lowest BCUT2D eigenvalue weighted by Gasteiger charge is -2.14. The number of rotatable bonds is 1. The van der Waals surface area contributed by atoms with Crippen LogP contribution in [-0.2, 0) is 4.79 Å². The number of aliphatic carboxylic acids is 1. The highest BCUT2D eigenvalue weighted by Crippen LogP contribution is 1.73. The molecule has 0 amide bonds. The summed E-state index contributed by atoms with van der Waals surface area (Å²) in [6, 6.07) is 0. The number of carboxylic acid groups (broad SMARTS) is 1. The molecule has 0 aromatic rings. The van der Waals surface area contributed by atoms with Gasteiger partial charge in [0.15, 0.2) is 0 Å². The molecule has 0 aromatic heterocycles. The number of hydrogen-bond acceptors (Lipinski definition) is 1. The lowest BCUT2D eigenvalue weighted by molar-refractivity contribution is -0.849. The second-order valence-corrected chi connectivity index (χ2v) is 3.52. The van der Waals surface area contributed by atoms with Gasteiger partial charge in [0.1, 0.15) is 0 Å². The van der Waals surface area contributed by atoms with Gasteiger partial charge in [-0.3, -0.25) is 0 Å². The van der Waals surface area contributed by atoms with Gasteiger partial charge in [0.2, 0.25) is 0 Å². The SMILES string of the molecule is C/C=C/C(=O)O.C[N+](C)(C)C. The first-order valence-electron chi connectivity index (χ1n) is 3.42. The highest BCUT2D eigenvalue weighted by molar-refractivity contribution is 5.79. The molecule has 0 aliphatic heterocycles. The van der Waals surface area contributed by atoms with Crippen LogP contribution in [0.5, 0.6) is 0 Å². The molecule has 0 unspecified atom stereocenters. The van der Waals surface area contributed by atoms with Crippen LogP contribution in [0.1, 0.15) is 6.92 Å². The lowest BCUT2D eigenvalue weighted by atomic mass is 10.5. The normalized spacial score (nSPS) is 10.6. The largest absolute Gasteiger partial charge is 0.478 e. The first kappa shape index (κ1) is 12.8. The molecule has 0 aliphatic rings. The molecule has 0 bridgehead atoms. The third-order valence-corrected chi connectivity index (χ3v) is 0.309. The predicted molar refractivity (Wildman–Crippen MR) is 46.4 cm³/mol. The zero-order chi connectivity index (χ0) is 9.49. The number of allylic oxidation sites excluding steroid dienone is 1. The van der Waals surface area contributed by atoms with Gasteiger partial charge in [-0.15, -0.1) is 0 Å². The van der Waals surface area contributed by atoms with Gasteiger partial charge in [0.25, 0.3) is 0 Å². The van der Waals surface area contributed by atoms with Crippen molar-refractivity contribution in [3.8, 4) is 0 Å². The standard InChI is InChI=1S/C4H12N.C4H6O2/c1-5(2,3)4;1-2-3-4(5)6/h1-4H3;2-3H,1H3,(H,5,6)/q+1;/b;3-2+. The summed E-state index contributed by atoms with van der Waals surface area (Å²) in [7, 11) is 8.50. The summed E-state index contributed by atoms with van der Waals surface area (Å²) < 4.78 is 1.00. The molecule has 0 saturated carbocycles.